The second-order valence-corrected chi connectivity index (χ2v) is 8.99. The molecule has 4 rings (SSSR count). The number of aliphatic hydroxyl groups is 1. The minimum atomic E-state index is -0.919. The number of hydrogen-bond acceptors (Lipinski definition) is 8. The maximum absolute atomic E-state index is 12.6. The van der Waals surface area contributed by atoms with Gasteiger partial charge in [0.25, 0.3) is 5.89 Å². The van der Waals surface area contributed by atoms with Gasteiger partial charge in [0.2, 0.25) is 11.7 Å². The first kappa shape index (κ1) is 24.4. The summed E-state index contributed by atoms with van der Waals surface area (Å²) in [5, 5.41) is 23.3. The van der Waals surface area contributed by atoms with Gasteiger partial charge < -0.3 is 25.0 Å². The van der Waals surface area contributed by atoms with Crippen molar-refractivity contribution in [2.24, 2.45) is 5.73 Å². The van der Waals surface area contributed by atoms with Gasteiger partial charge in [-0.05, 0) is 69.0 Å². The van der Waals surface area contributed by atoms with Gasteiger partial charge in [0, 0.05) is 24.2 Å². The molecule has 3 aromatic rings. The fourth-order valence-corrected chi connectivity index (χ4v) is 4.07. The van der Waals surface area contributed by atoms with Gasteiger partial charge in [-0.15, -0.1) is 0 Å². The number of nitrogens with two attached hydrogens (primary N) is 1. The number of rotatable bonds is 6. The standard InChI is InChI=1S/C26H29N5O4/c1-15(2)34-22-7-6-20(13-21(22)14-27)25-29-24(30-35-25)19-5-4-17-8-10-31(11-9-18(17)12-19)26(33)23(28)16(3)32/h4-7,12-13,15-16,23,32H,8-11,28H2,1-3H3. The van der Waals surface area contributed by atoms with Crippen LogP contribution in [0.15, 0.2) is 40.9 Å². The monoisotopic (exact) mass is 475 g/mol. The molecule has 0 saturated heterocycles. The summed E-state index contributed by atoms with van der Waals surface area (Å²) in [5.41, 5.74) is 9.95. The highest BCUT2D eigenvalue weighted by Gasteiger charge is 2.26. The topological polar surface area (TPSA) is 138 Å². The number of carbonyl (C=O) groups excluding carboxylic acids is 1. The Balaban J connectivity index is 1.53. The average molecular weight is 476 g/mol. The summed E-state index contributed by atoms with van der Waals surface area (Å²) in [6.07, 6.45) is 0.425. The number of ether oxygens (including phenoxy) is 1. The number of benzene rings is 2. The zero-order valence-electron chi connectivity index (χ0n) is 20.1. The van der Waals surface area contributed by atoms with E-state index < -0.39 is 12.1 Å². The highest BCUT2D eigenvalue weighted by molar-refractivity contribution is 5.82. The Kier molecular flexibility index (Phi) is 7.15. The molecule has 0 saturated carbocycles. The molecule has 1 amide bonds. The molecule has 0 aliphatic carbocycles. The van der Waals surface area contributed by atoms with Gasteiger partial charge >= 0.3 is 0 Å². The van der Waals surface area contributed by atoms with Crippen molar-refractivity contribution >= 4 is 5.91 Å². The molecule has 0 spiro atoms. The fraction of sp³-hybridized carbons (Fsp3) is 0.385. The number of aromatic nitrogens is 2. The molecule has 0 bridgehead atoms. The molecule has 182 valence electrons. The van der Waals surface area contributed by atoms with E-state index in [2.05, 4.69) is 16.2 Å². The predicted octanol–water partition coefficient (Wildman–Crippen LogP) is 2.70. The SMILES string of the molecule is CC(C)Oc1ccc(-c2nc(-c3ccc4c(c3)CCN(C(=O)C(N)C(C)O)CC4)no2)cc1C#N. The lowest BCUT2D eigenvalue weighted by molar-refractivity contribution is -0.134. The molecule has 0 fully saturated rings. The van der Waals surface area contributed by atoms with Crippen LogP contribution in [0.2, 0.25) is 0 Å². The van der Waals surface area contributed by atoms with Crippen molar-refractivity contribution < 1.29 is 19.2 Å². The Morgan fingerprint density at radius 2 is 1.86 bits per heavy atom. The summed E-state index contributed by atoms with van der Waals surface area (Å²) in [6, 6.07) is 12.4. The van der Waals surface area contributed by atoms with Gasteiger partial charge in [-0.3, -0.25) is 4.79 Å². The Morgan fingerprint density at radius 1 is 1.14 bits per heavy atom. The van der Waals surface area contributed by atoms with Crippen molar-refractivity contribution in [2.45, 2.75) is 51.9 Å². The first-order valence-electron chi connectivity index (χ1n) is 11.7. The van der Waals surface area contributed by atoms with Crippen LogP contribution in [0.25, 0.3) is 22.8 Å². The number of carbonyl (C=O) groups is 1. The quantitative estimate of drug-likeness (QED) is 0.555. The molecule has 9 nitrogen and oxygen atoms in total. The molecule has 2 heterocycles. The first-order valence-corrected chi connectivity index (χ1v) is 11.7. The van der Waals surface area contributed by atoms with Crippen molar-refractivity contribution in [3.05, 3.63) is 53.1 Å². The third kappa shape index (κ3) is 5.34. The molecular formula is C26H29N5O4. The minimum Gasteiger partial charge on any atom is -0.490 e. The molecule has 1 aromatic heterocycles. The zero-order valence-corrected chi connectivity index (χ0v) is 20.1. The summed E-state index contributed by atoms with van der Waals surface area (Å²) in [7, 11) is 0. The molecule has 2 atom stereocenters. The van der Waals surface area contributed by atoms with E-state index in [0.29, 0.717) is 54.5 Å². The van der Waals surface area contributed by atoms with Crippen LogP contribution >= 0.6 is 0 Å². The summed E-state index contributed by atoms with van der Waals surface area (Å²) < 4.78 is 11.2. The Bertz CT molecular complexity index is 1260. The molecular weight excluding hydrogens is 446 g/mol. The van der Waals surface area contributed by atoms with Crippen LogP contribution in [-0.2, 0) is 17.6 Å². The second-order valence-electron chi connectivity index (χ2n) is 8.99. The van der Waals surface area contributed by atoms with Gasteiger partial charge in [-0.2, -0.15) is 10.2 Å². The van der Waals surface area contributed by atoms with Gasteiger partial charge in [0.1, 0.15) is 17.9 Å². The fourth-order valence-electron chi connectivity index (χ4n) is 4.07. The Morgan fingerprint density at radius 3 is 2.54 bits per heavy atom. The number of fused-ring (bicyclic) bond motifs is 1. The van der Waals surface area contributed by atoms with E-state index in [0.717, 1.165) is 16.7 Å². The van der Waals surface area contributed by atoms with E-state index in [4.69, 9.17) is 15.0 Å². The third-order valence-corrected chi connectivity index (χ3v) is 6.02. The van der Waals surface area contributed by atoms with Crippen LogP contribution in [0.1, 0.15) is 37.5 Å². The highest BCUT2D eigenvalue weighted by atomic mass is 16.5. The van der Waals surface area contributed by atoms with Crippen LogP contribution < -0.4 is 10.5 Å². The van der Waals surface area contributed by atoms with E-state index in [-0.39, 0.29) is 12.0 Å². The highest BCUT2D eigenvalue weighted by Crippen LogP contribution is 2.29. The largest absolute Gasteiger partial charge is 0.490 e. The lowest BCUT2D eigenvalue weighted by Gasteiger charge is -2.25. The predicted molar refractivity (Wildman–Crippen MR) is 129 cm³/mol. The van der Waals surface area contributed by atoms with Crippen molar-refractivity contribution in [1.82, 2.24) is 15.0 Å². The zero-order chi connectivity index (χ0) is 25.1. The van der Waals surface area contributed by atoms with Crippen molar-refractivity contribution in [3.8, 4) is 34.7 Å². The van der Waals surface area contributed by atoms with E-state index >= 15 is 0 Å². The van der Waals surface area contributed by atoms with E-state index in [1.54, 1.807) is 23.1 Å². The van der Waals surface area contributed by atoms with Crippen molar-refractivity contribution in [3.63, 3.8) is 0 Å². The lowest BCUT2D eigenvalue weighted by atomic mass is 10.00. The maximum Gasteiger partial charge on any atom is 0.258 e. The van der Waals surface area contributed by atoms with Gasteiger partial charge in [0.15, 0.2) is 0 Å². The number of hydrogen-bond donors (Lipinski definition) is 2. The number of aliphatic hydroxyl groups excluding tert-OH is 1. The van der Waals surface area contributed by atoms with Gasteiger partial charge in [0.05, 0.1) is 17.8 Å². The summed E-state index contributed by atoms with van der Waals surface area (Å²) >= 11 is 0. The van der Waals surface area contributed by atoms with Crippen LogP contribution in [0.3, 0.4) is 0 Å². The van der Waals surface area contributed by atoms with E-state index in [1.807, 2.05) is 32.0 Å². The third-order valence-electron chi connectivity index (χ3n) is 6.02. The van der Waals surface area contributed by atoms with Gasteiger partial charge in [-0.25, -0.2) is 0 Å². The second kappa shape index (κ2) is 10.3. The molecule has 2 aromatic carbocycles. The van der Waals surface area contributed by atoms with Crippen LogP contribution in [-0.4, -0.2) is 57.4 Å². The minimum absolute atomic E-state index is 0.0451. The smallest absolute Gasteiger partial charge is 0.258 e. The van der Waals surface area contributed by atoms with Crippen molar-refractivity contribution in [2.75, 3.05) is 13.1 Å². The molecule has 0 radical (unpaired) electrons. The average Bonchev–Trinajstić information content (AvgIpc) is 3.24. The van der Waals surface area contributed by atoms with Gasteiger partial charge in [-0.1, -0.05) is 17.3 Å². The van der Waals surface area contributed by atoms with Crippen LogP contribution in [0, 0.1) is 11.3 Å². The number of amides is 1. The van der Waals surface area contributed by atoms with Crippen LogP contribution in [0.4, 0.5) is 0 Å². The molecule has 1 aliphatic heterocycles. The van der Waals surface area contributed by atoms with Crippen molar-refractivity contribution in [1.29, 1.82) is 5.26 Å². The van der Waals surface area contributed by atoms with Crippen LogP contribution in [0.5, 0.6) is 5.75 Å². The normalized spacial score (nSPS) is 15.2. The molecule has 2 unspecified atom stereocenters. The Hall–Kier alpha value is -3.74. The maximum atomic E-state index is 12.6. The summed E-state index contributed by atoms with van der Waals surface area (Å²) in [6.45, 7) is 6.40. The molecule has 3 N–H and O–H groups in total. The Labute approximate surface area is 204 Å². The first-order chi connectivity index (χ1) is 16.8. The lowest BCUT2D eigenvalue weighted by Crippen LogP contribution is -2.49. The molecule has 1 aliphatic rings. The number of nitriles is 1. The number of nitrogens with zero attached hydrogens (tertiary/aromatic N) is 4. The molecule has 35 heavy (non-hydrogen) atoms. The van der Waals surface area contributed by atoms with E-state index in [9.17, 15) is 15.2 Å². The molecule has 9 heteroatoms. The summed E-state index contributed by atoms with van der Waals surface area (Å²) in [4.78, 5) is 18.8. The summed E-state index contributed by atoms with van der Waals surface area (Å²) in [5.74, 6) is 1.03. The van der Waals surface area contributed by atoms with E-state index in [1.165, 1.54) is 6.92 Å².